The van der Waals surface area contributed by atoms with Crippen LogP contribution in [0.15, 0.2) is 64.9 Å². The first kappa shape index (κ1) is 23.0. The first-order valence-corrected chi connectivity index (χ1v) is 11.2. The second kappa shape index (κ2) is 10.6. The average molecular weight is 479 g/mol. The number of amides is 2. The van der Waals surface area contributed by atoms with E-state index in [0.29, 0.717) is 45.9 Å². The number of aryl methyl sites for hydroxylation is 1. The van der Waals surface area contributed by atoms with Crippen molar-refractivity contribution in [2.75, 3.05) is 17.7 Å². The first-order valence-electron chi connectivity index (χ1n) is 10.3. The van der Waals surface area contributed by atoms with Crippen molar-refractivity contribution < 1.29 is 23.5 Å². The van der Waals surface area contributed by atoms with Crippen molar-refractivity contribution in [3.05, 3.63) is 83.0 Å². The summed E-state index contributed by atoms with van der Waals surface area (Å²) in [4.78, 5) is 33.2. The van der Waals surface area contributed by atoms with Crippen molar-refractivity contribution in [1.82, 2.24) is 9.97 Å². The van der Waals surface area contributed by atoms with Crippen molar-refractivity contribution in [3.63, 3.8) is 0 Å². The van der Waals surface area contributed by atoms with Gasteiger partial charge in [0.25, 0.3) is 5.91 Å². The van der Waals surface area contributed by atoms with Gasteiger partial charge in [0.1, 0.15) is 12.4 Å². The number of nitrogens with zero attached hydrogens (tertiary/aromatic N) is 2. The van der Waals surface area contributed by atoms with E-state index in [-0.39, 0.29) is 18.2 Å². The van der Waals surface area contributed by atoms with E-state index in [1.807, 2.05) is 12.1 Å². The summed E-state index contributed by atoms with van der Waals surface area (Å²) < 4.78 is 16.4. The molecule has 0 saturated heterocycles. The predicted octanol–water partition coefficient (Wildman–Crippen LogP) is 4.46. The lowest BCUT2D eigenvalue weighted by Crippen LogP contribution is -2.15. The molecule has 0 radical (unpaired) electrons. The standard InChI is InChI=1S/C24H22N4O5S/c1-15-19(7-9-32-15)23(30)28-24-27-18(14-34-24)11-22(29)26-17-5-6-20(31-2)21(10-17)33-13-16-4-3-8-25-12-16/h3-10,12,14H,11,13H2,1-2H3,(H,26,29)(H,27,28,30). The second-order valence-electron chi connectivity index (χ2n) is 7.23. The van der Waals surface area contributed by atoms with Crippen molar-refractivity contribution in [2.45, 2.75) is 20.0 Å². The predicted molar refractivity (Wildman–Crippen MR) is 127 cm³/mol. The first-order chi connectivity index (χ1) is 16.5. The Morgan fingerprint density at radius 1 is 1.15 bits per heavy atom. The zero-order valence-corrected chi connectivity index (χ0v) is 19.3. The molecule has 10 heteroatoms. The summed E-state index contributed by atoms with van der Waals surface area (Å²) in [5.41, 5.74) is 2.46. The minimum atomic E-state index is -0.311. The van der Waals surface area contributed by atoms with Gasteiger partial charge < -0.3 is 19.2 Å². The summed E-state index contributed by atoms with van der Waals surface area (Å²) in [5.74, 6) is 1.01. The van der Waals surface area contributed by atoms with Crippen LogP contribution in [-0.2, 0) is 17.8 Å². The number of carbonyl (C=O) groups excluding carboxylic acids is 2. The highest BCUT2D eigenvalue weighted by Gasteiger charge is 2.15. The van der Waals surface area contributed by atoms with E-state index in [1.165, 1.54) is 17.6 Å². The molecule has 4 rings (SSSR count). The van der Waals surface area contributed by atoms with Crippen LogP contribution in [0.4, 0.5) is 10.8 Å². The number of anilines is 2. The highest BCUT2D eigenvalue weighted by Crippen LogP contribution is 2.31. The van der Waals surface area contributed by atoms with Gasteiger partial charge in [-0.2, -0.15) is 0 Å². The molecule has 34 heavy (non-hydrogen) atoms. The number of nitrogens with one attached hydrogen (secondary N) is 2. The quantitative estimate of drug-likeness (QED) is 0.365. The molecule has 0 aliphatic rings. The third kappa shape index (κ3) is 5.78. The molecule has 2 N–H and O–H groups in total. The molecule has 0 unspecified atom stereocenters. The second-order valence-corrected chi connectivity index (χ2v) is 8.09. The van der Waals surface area contributed by atoms with Gasteiger partial charge in [0.05, 0.1) is 31.1 Å². The Morgan fingerprint density at radius 3 is 2.76 bits per heavy atom. The Balaban J connectivity index is 1.35. The Kier molecular flexibility index (Phi) is 7.19. The zero-order chi connectivity index (χ0) is 23.9. The van der Waals surface area contributed by atoms with E-state index >= 15 is 0 Å². The summed E-state index contributed by atoms with van der Waals surface area (Å²) >= 11 is 1.25. The van der Waals surface area contributed by atoms with Crippen LogP contribution in [0.25, 0.3) is 0 Å². The lowest BCUT2D eigenvalue weighted by molar-refractivity contribution is -0.115. The number of rotatable bonds is 9. The fraction of sp³-hybridized carbons (Fsp3) is 0.167. The molecule has 0 spiro atoms. The van der Waals surface area contributed by atoms with Gasteiger partial charge >= 0.3 is 0 Å². The van der Waals surface area contributed by atoms with E-state index in [4.69, 9.17) is 13.9 Å². The van der Waals surface area contributed by atoms with Crippen LogP contribution in [0, 0.1) is 6.92 Å². The van der Waals surface area contributed by atoms with Gasteiger partial charge in [-0.3, -0.25) is 19.9 Å². The molecule has 9 nitrogen and oxygen atoms in total. The zero-order valence-electron chi connectivity index (χ0n) is 18.5. The lowest BCUT2D eigenvalue weighted by Gasteiger charge is -2.13. The minimum absolute atomic E-state index is 0.0506. The molecular weight excluding hydrogens is 456 g/mol. The highest BCUT2D eigenvalue weighted by atomic mass is 32.1. The number of furan rings is 1. The number of aromatic nitrogens is 2. The Morgan fingerprint density at radius 2 is 2.03 bits per heavy atom. The van der Waals surface area contributed by atoms with Gasteiger partial charge in [-0.15, -0.1) is 11.3 Å². The van der Waals surface area contributed by atoms with Gasteiger partial charge in [0, 0.05) is 35.1 Å². The lowest BCUT2D eigenvalue weighted by atomic mass is 10.2. The summed E-state index contributed by atoms with van der Waals surface area (Å²) in [5, 5.41) is 7.69. The number of ether oxygens (including phenoxy) is 2. The number of pyridine rings is 1. The van der Waals surface area contributed by atoms with Crippen LogP contribution in [0.5, 0.6) is 11.5 Å². The topological polar surface area (TPSA) is 116 Å². The van der Waals surface area contributed by atoms with Crippen molar-refractivity contribution in [1.29, 1.82) is 0 Å². The Bertz CT molecular complexity index is 1290. The minimum Gasteiger partial charge on any atom is -0.493 e. The van der Waals surface area contributed by atoms with Crippen LogP contribution in [0.3, 0.4) is 0 Å². The van der Waals surface area contributed by atoms with Gasteiger partial charge in [-0.25, -0.2) is 4.98 Å². The molecule has 174 valence electrons. The van der Waals surface area contributed by atoms with E-state index < -0.39 is 0 Å². The summed E-state index contributed by atoms with van der Waals surface area (Å²) in [6.45, 7) is 2.02. The molecule has 0 saturated carbocycles. The van der Waals surface area contributed by atoms with E-state index in [9.17, 15) is 9.59 Å². The highest BCUT2D eigenvalue weighted by molar-refractivity contribution is 7.14. The number of hydrogen-bond donors (Lipinski definition) is 2. The molecule has 0 aliphatic carbocycles. The fourth-order valence-electron chi connectivity index (χ4n) is 3.11. The Hall–Kier alpha value is -4.18. The molecule has 3 aromatic heterocycles. The average Bonchev–Trinajstić information content (AvgIpc) is 3.46. The number of methoxy groups -OCH3 is 1. The smallest absolute Gasteiger partial charge is 0.260 e. The molecule has 0 aliphatic heterocycles. The maximum Gasteiger partial charge on any atom is 0.260 e. The SMILES string of the molecule is COc1ccc(NC(=O)Cc2csc(NC(=O)c3ccoc3C)n2)cc1OCc1cccnc1. The van der Waals surface area contributed by atoms with Crippen molar-refractivity contribution >= 4 is 34.0 Å². The van der Waals surface area contributed by atoms with Crippen LogP contribution in [-0.4, -0.2) is 28.9 Å². The maximum atomic E-state index is 12.6. The Labute approximate surface area is 199 Å². The molecule has 0 atom stereocenters. The number of hydrogen-bond acceptors (Lipinski definition) is 8. The fourth-order valence-corrected chi connectivity index (χ4v) is 3.82. The molecule has 4 aromatic rings. The third-order valence-electron chi connectivity index (χ3n) is 4.78. The van der Waals surface area contributed by atoms with E-state index in [2.05, 4.69) is 20.6 Å². The molecule has 1 aromatic carbocycles. The summed E-state index contributed by atoms with van der Waals surface area (Å²) in [6.07, 6.45) is 4.92. The van der Waals surface area contributed by atoms with Gasteiger partial charge in [0.2, 0.25) is 5.91 Å². The van der Waals surface area contributed by atoms with Gasteiger partial charge in [-0.05, 0) is 31.2 Å². The molecule has 3 heterocycles. The van der Waals surface area contributed by atoms with Crippen LogP contribution < -0.4 is 20.1 Å². The van der Waals surface area contributed by atoms with Crippen LogP contribution >= 0.6 is 11.3 Å². The maximum absolute atomic E-state index is 12.6. The largest absolute Gasteiger partial charge is 0.493 e. The molecule has 2 amide bonds. The van der Waals surface area contributed by atoms with E-state index in [0.717, 1.165) is 5.56 Å². The van der Waals surface area contributed by atoms with Crippen LogP contribution in [0.1, 0.15) is 27.4 Å². The molecule has 0 fully saturated rings. The van der Waals surface area contributed by atoms with Crippen molar-refractivity contribution in [2.24, 2.45) is 0 Å². The summed E-state index contributed by atoms with van der Waals surface area (Å²) in [7, 11) is 1.55. The van der Waals surface area contributed by atoms with Crippen molar-refractivity contribution in [3.8, 4) is 11.5 Å². The van der Waals surface area contributed by atoms with Gasteiger partial charge in [0.15, 0.2) is 16.6 Å². The number of carbonyl (C=O) groups is 2. The van der Waals surface area contributed by atoms with E-state index in [1.54, 1.807) is 56.1 Å². The number of thiazole rings is 1. The van der Waals surface area contributed by atoms with Crippen LogP contribution in [0.2, 0.25) is 0 Å². The summed E-state index contributed by atoms with van der Waals surface area (Å²) in [6, 6.07) is 10.5. The monoisotopic (exact) mass is 478 g/mol. The molecule has 0 bridgehead atoms. The normalized spacial score (nSPS) is 10.5. The molecular formula is C24H22N4O5S. The third-order valence-corrected chi connectivity index (χ3v) is 5.59. The number of benzene rings is 1. The van der Waals surface area contributed by atoms with Gasteiger partial charge in [-0.1, -0.05) is 6.07 Å².